The van der Waals surface area contributed by atoms with Gasteiger partial charge in [0.2, 0.25) is 0 Å². The van der Waals surface area contributed by atoms with E-state index < -0.39 is 0 Å². The molecule has 4 heteroatoms. The van der Waals surface area contributed by atoms with Crippen LogP contribution < -0.4 is 5.32 Å². The van der Waals surface area contributed by atoms with Crippen molar-refractivity contribution >= 4 is 33.2 Å². The molecule has 0 aromatic heterocycles. The lowest BCUT2D eigenvalue weighted by atomic mass is 9.84. The van der Waals surface area contributed by atoms with Gasteiger partial charge in [0.25, 0.3) is 0 Å². The molecule has 0 radical (unpaired) electrons. The maximum Gasteiger partial charge on any atom is 0.125 e. The molecular formula is C15H18BrClFN. The lowest BCUT2D eigenvalue weighted by Crippen LogP contribution is -2.20. The first-order valence-corrected chi connectivity index (χ1v) is 7.68. The van der Waals surface area contributed by atoms with Crippen molar-refractivity contribution in [2.45, 2.75) is 26.7 Å². The van der Waals surface area contributed by atoms with Crippen LogP contribution in [0.2, 0.25) is 5.02 Å². The molecule has 2 atom stereocenters. The van der Waals surface area contributed by atoms with Crippen LogP contribution in [0.25, 0.3) is 0 Å². The van der Waals surface area contributed by atoms with Crippen LogP contribution in [-0.2, 0) is 0 Å². The highest BCUT2D eigenvalue weighted by Crippen LogP contribution is 2.33. The molecule has 1 aliphatic carbocycles. The molecular weight excluding hydrogens is 329 g/mol. The second-order valence-electron chi connectivity index (χ2n) is 5.42. The number of halogens is 3. The Morgan fingerprint density at radius 1 is 1.47 bits per heavy atom. The Labute approximate surface area is 127 Å². The van der Waals surface area contributed by atoms with Gasteiger partial charge in [0.1, 0.15) is 5.82 Å². The quantitative estimate of drug-likeness (QED) is 0.698. The largest absolute Gasteiger partial charge is 0.383 e. The third-order valence-corrected chi connectivity index (χ3v) is 4.38. The van der Waals surface area contributed by atoms with Gasteiger partial charge in [-0.3, -0.25) is 0 Å². The first-order chi connectivity index (χ1) is 8.95. The van der Waals surface area contributed by atoms with E-state index in [1.54, 1.807) is 0 Å². The van der Waals surface area contributed by atoms with E-state index in [1.807, 2.05) is 0 Å². The Morgan fingerprint density at radius 3 is 2.84 bits per heavy atom. The van der Waals surface area contributed by atoms with Crippen LogP contribution in [0.3, 0.4) is 0 Å². The lowest BCUT2D eigenvalue weighted by Gasteiger charge is -2.26. The minimum Gasteiger partial charge on any atom is -0.383 e. The summed E-state index contributed by atoms with van der Waals surface area (Å²) in [5.74, 6) is 0.910. The molecule has 0 heterocycles. The molecule has 0 fully saturated rings. The topological polar surface area (TPSA) is 12.0 Å². The highest BCUT2D eigenvalue weighted by Gasteiger charge is 2.18. The van der Waals surface area contributed by atoms with Gasteiger partial charge in [0, 0.05) is 11.0 Å². The van der Waals surface area contributed by atoms with E-state index in [-0.39, 0.29) is 5.82 Å². The van der Waals surface area contributed by atoms with Gasteiger partial charge >= 0.3 is 0 Å². The molecule has 0 aliphatic heterocycles. The van der Waals surface area contributed by atoms with Crippen LogP contribution in [0.1, 0.15) is 26.7 Å². The number of hydrogen-bond acceptors (Lipinski definition) is 1. The molecule has 1 aromatic carbocycles. The van der Waals surface area contributed by atoms with Crippen LogP contribution in [0, 0.1) is 17.7 Å². The summed E-state index contributed by atoms with van der Waals surface area (Å²) in [6.45, 7) is 5.29. The standard InChI is InChI=1S/C15H18BrClFN/c1-9-3-10(2)5-11(4-9)8-19-15-13(16)6-12(18)7-14(15)17/h3,6-7,9,11,19H,4-5,8H2,1-2H3. The maximum atomic E-state index is 13.2. The van der Waals surface area contributed by atoms with Gasteiger partial charge in [-0.15, -0.1) is 0 Å². The summed E-state index contributed by atoms with van der Waals surface area (Å²) < 4.78 is 13.8. The van der Waals surface area contributed by atoms with E-state index in [4.69, 9.17) is 11.6 Å². The lowest BCUT2D eigenvalue weighted by molar-refractivity contribution is 0.421. The van der Waals surface area contributed by atoms with Crippen LogP contribution in [0.4, 0.5) is 10.1 Å². The SMILES string of the molecule is CC1=CC(C)CC(CNc2c(Cl)cc(F)cc2Br)C1. The van der Waals surface area contributed by atoms with Crippen LogP contribution in [0.15, 0.2) is 28.3 Å². The summed E-state index contributed by atoms with van der Waals surface area (Å²) in [6, 6.07) is 2.77. The summed E-state index contributed by atoms with van der Waals surface area (Å²) in [5.41, 5.74) is 2.23. The van der Waals surface area contributed by atoms with E-state index in [0.29, 0.717) is 21.3 Å². The number of anilines is 1. The van der Waals surface area contributed by atoms with E-state index in [0.717, 1.165) is 18.7 Å². The zero-order valence-corrected chi connectivity index (χ0v) is 13.5. The van der Waals surface area contributed by atoms with E-state index in [2.05, 4.69) is 41.2 Å². The Morgan fingerprint density at radius 2 is 2.21 bits per heavy atom. The molecule has 0 bridgehead atoms. The van der Waals surface area contributed by atoms with Crippen molar-refractivity contribution < 1.29 is 4.39 Å². The van der Waals surface area contributed by atoms with Gasteiger partial charge in [-0.05, 0) is 59.7 Å². The first kappa shape index (κ1) is 14.9. The fourth-order valence-electron chi connectivity index (χ4n) is 2.80. The maximum absolute atomic E-state index is 13.2. The van der Waals surface area contributed by atoms with Gasteiger partial charge in [0.05, 0.1) is 10.7 Å². The van der Waals surface area contributed by atoms with E-state index in [9.17, 15) is 4.39 Å². The summed E-state index contributed by atoms with van der Waals surface area (Å²) >= 11 is 9.41. The summed E-state index contributed by atoms with van der Waals surface area (Å²) in [5, 5.41) is 3.77. The van der Waals surface area contributed by atoms with Crippen molar-refractivity contribution in [3.05, 3.63) is 39.1 Å². The Hall–Kier alpha value is -0.540. The predicted octanol–water partition coefficient (Wildman–Crippen LogP) is 5.65. The predicted molar refractivity (Wildman–Crippen MR) is 83.2 cm³/mol. The summed E-state index contributed by atoms with van der Waals surface area (Å²) in [6.07, 6.45) is 4.64. The van der Waals surface area contributed by atoms with Crippen molar-refractivity contribution in [1.82, 2.24) is 0 Å². The van der Waals surface area contributed by atoms with Crippen molar-refractivity contribution in [3.8, 4) is 0 Å². The van der Waals surface area contributed by atoms with Gasteiger partial charge in [-0.2, -0.15) is 0 Å². The van der Waals surface area contributed by atoms with Crippen molar-refractivity contribution in [3.63, 3.8) is 0 Å². The second kappa shape index (κ2) is 6.27. The molecule has 104 valence electrons. The molecule has 0 saturated heterocycles. The Bertz CT molecular complexity index is 478. The fraction of sp³-hybridized carbons (Fsp3) is 0.467. The Kier molecular flexibility index (Phi) is 4.91. The molecule has 2 rings (SSSR count). The number of benzene rings is 1. The first-order valence-electron chi connectivity index (χ1n) is 6.51. The zero-order valence-electron chi connectivity index (χ0n) is 11.1. The van der Waals surface area contributed by atoms with Crippen molar-refractivity contribution in [2.24, 2.45) is 11.8 Å². The van der Waals surface area contributed by atoms with Crippen molar-refractivity contribution in [2.75, 3.05) is 11.9 Å². The van der Waals surface area contributed by atoms with E-state index >= 15 is 0 Å². The van der Waals surface area contributed by atoms with E-state index in [1.165, 1.54) is 24.1 Å². The van der Waals surface area contributed by atoms with Gasteiger partial charge < -0.3 is 5.32 Å². The zero-order chi connectivity index (χ0) is 14.0. The van der Waals surface area contributed by atoms with Gasteiger partial charge in [0.15, 0.2) is 0 Å². The normalized spacial score (nSPS) is 23.1. The average Bonchev–Trinajstić information content (AvgIpc) is 2.25. The molecule has 19 heavy (non-hydrogen) atoms. The number of nitrogens with one attached hydrogen (secondary N) is 1. The molecule has 1 nitrogen and oxygen atoms in total. The minimum absolute atomic E-state index is 0.326. The monoisotopic (exact) mass is 345 g/mol. The fourth-order valence-corrected chi connectivity index (χ4v) is 3.76. The summed E-state index contributed by atoms with van der Waals surface area (Å²) in [7, 11) is 0. The Balaban J connectivity index is 2.02. The number of allylic oxidation sites excluding steroid dienone is 2. The molecule has 2 unspecified atom stereocenters. The van der Waals surface area contributed by atoms with Gasteiger partial charge in [-0.1, -0.05) is 30.2 Å². The molecule has 1 aromatic rings. The third-order valence-electron chi connectivity index (χ3n) is 3.46. The smallest absolute Gasteiger partial charge is 0.125 e. The highest BCUT2D eigenvalue weighted by atomic mass is 79.9. The third kappa shape index (κ3) is 3.96. The van der Waals surface area contributed by atoms with Crippen molar-refractivity contribution in [1.29, 1.82) is 0 Å². The molecule has 0 amide bonds. The van der Waals surface area contributed by atoms with Crippen LogP contribution >= 0.6 is 27.5 Å². The summed E-state index contributed by atoms with van der Waals surface area (Å²) in [4.78, 5) is 0. The molecule has 1 aliphatic rings. The average molecular weight is 347 g/mol. The second-order valence-corrected chi connectivity index (χ2v) is 6.68. The van der Waals surface area contributed by atoms with Crippen LogP contribution in [-0.4, -0.2) is 6.54 Å². The highest BCUT2D eigenvalue weighted by molar-refractivity contribution is 9.10. The molecule has 1 N–H and O–H groups in total. The number of hydrogen-bond donors (Lipinski definition) is 1. The molecule has 0 spiro atoms. The van der Waals surface area contributed by atoms with Gasteiger partial charge in [-0.25, -0.2) is 4.39 Å². The molecule has 0 saturated carbocycles. The van der Waals surface area contributed by atoms with Crippen LogP contribution in [0.5, 0.6) is 0 Å². The minimum atomic E-state index is -0.326. The number of rotatable bonds is 3.